The second kappa shape index (κ2) is 6.20. The van der Waals surface area contributed by atoms with Crippen molar-refractivity contribution < 1.29 is 0 Å². The van der Waals surface area contributed by atoms with Gasteiger partial charge in [-0.05, 0) is 24.3 Å². The monoisotopic (exact) mass is 231 g/mol. The molecule has 0 aliphatic heterocycles. The Morgan fingerprint density at radius 2 is 1.65 bits per heavy atom. The third-order valence-electron chi connectivity index (χ3n) is 3.85. The molecule has 1 saturated carbocycles. The summed E-state index contributed by atoms with van der Waals surface area (Å²) in [5.41, 5.74) is 1.44. The molecule has 1 fully saturated rings. The summed E-state index contributed by atoms with van der Waals surface area (Å²) < 4.78 is 0. The fourth-order valence-corrected chi connectivity index (χ4v) is 2.86. The molecule has 1 N–H and O–H groups in total. The van der Waals surface area contributed by atoms with Gasteiger partial charge in [-0.3, -0.25) is 0 Å². The minimum absolute atomic E-state index is 0.513. The summed E-state index contributed by atoms with van der Waals surface area (Å²) in [6.45, 7) is 4.63. The molecule has 0 amide bonds. The van der Waals surface area contributed by atoms with Gasteiger partial charge in [0.1, 0.15) is 0 Å². The van der Waals surface area contributed by atoms with Crippen molar-refractivity contribution in [2.24, 2.45) is 5.92 Å². The Balaban J connectivity index is 2.02. The van der Waals surface area contributed by atoms with E-state index < -0.39 is 0 Å². The minimum atomic E-state index is 0.513. The van der Waals surface area contributed by atoms with Crippen LogP contribution in [0.1, 0.15) is 57.6 Å². The average Bonchev–Trinajstić information content (AvgIpc) is 2.38. The average molecular weight is 231 g/mol. The van der Waals surface area contributed by atoms with E-state index in [1.54, 1.807) is 0 Å². The molecule has 0 aromatic heterocycles. The third-order valence-corrected chi connectivity index (χ3v) is 3.85. The van der Waals surface area contributed by atoms with Crippen LogP contribution in [0.4, 0.5) is 0 Å². The lowest BCUT2D eigenvalue weighted by Gasteiger charge is -2.31. The van der Waals surface area contributed by atoms with Crippen molar-refractivity contribution in [3.8, 4) is 0 Å². The molecule has 0 spiro atoms. The molecule has 1 aliphatic carbocycles. The lowest BCUT2D eigenvalue weighted by Crippen LogP contribution is -2.36. The van der Waals surface area contributed by atoms with Gasteiger partial charge >= 0.3 is 0 Å². The van der Waals surface area contributed by atoms with Crippen molar-refractivity contribution in [1.82, 2.24) is 5.32 Å². The molecule has 0 radical (unpaired) electrons. The van der Waals surface area contributed by atoms with Crippen molar-refractivity contribution in [3.63, 3.8) is 0 Å². The predicted molar refractivity (Wildman–Crippen MR) is 74.0 cm³/mol. The lowest BCUT2D eigenvalue weighted by molar-refractivity contribution is 0.300. The highest BCUT2D eigenvalue weighted by atomic mass is 15.0. The minimum Gasteiger partial charge on any atom is -0.307 e. The molecule has 94 valence electrons. The molecule has 1 atom stereocenters. The Morgan fingerprint density at radius 1 is 1.00 bits per heavy atom. The quantitative estimate of drug-likeness (QED) is 0.814. The Kier molecular flexibility index (Phi) is 4.61. The fraction of sp³-hybridized carbons (Fsp3) is 0.625. The van der Waals surface area contributed by atoms with Gasteiger partial charge in [0.15, 0.2) is 0 Å². The molecule has 0 heterocycles. The Bertz CT molecular complexity index is 312. The summed E-state index contributed by atoms with van der Waals surface area (Å²) in [7, 11) is 0. The van der Waals surface area contributed by atoms with E-state index in [-0.39, 0.29) is 0 Å². The second-order valence-corrected chi connectivity index (χ2v) is 5.63. The molecule has 0 saturated heterocycles. The molecular formula is C16H25N. The molecule has 1 heteroatoms. The van der Waals surface area contributed by atoms with E-state index in [4.69, 9.17) is 0 Å². The summed E-state index contributed by atoms with van der Waals surface area (Å²) in [6, 6.07) is 12.1. The van der Waals surface area contributed by atoms with Crippen LogP contribution < -0.4 is 5.32 Å². The lowest BCUT2D eigenvalue weighted by atomic mass is 9.90. The van der Waals surface area contributed by atoms with Crippen LogP contribution in [0.3, 0.4) is 0 Å². The van der Waals surface area contributed by atoms with Gasteiger partial charge in [0, 0.05) is 12.1 Å². The highest BCUT2D eigenvalue weighted by Crippen LogP contribution is 2.26. The van der Waals surface area contributed by atoms with E-state index in [0.717, 1.165) is 6.04 Å². The van der Waals surface area contributed by atoms with Crippen LogP contribution in [0.2, 0.25) is 0 Å². The molecular weight excluding hydrogens is 206 g/mol. The summed E-state index contributed by atoms with van der Waals surface area (Å²) in [4.78, 5) is 0. The van der Waals surface area contributed by atoms with Gasteiger partial charge in [0.25, 0.3) is 0 Å². The molecule has 1 aliphatic rings. The van der Waals surface area contributed by atoms with Crippen LogP contribution in [0.15, 0.2) is 30.3 Å². The standard InChI is InChI=1S/C16H25N/c1-13(2)16(14-9-5-3-6-10-14)17-15-11-7-4-8-12-15/h3,5-6,9-10,13,15-17H,4,7-8,11-12H2,1-2H3/t16-/m1/s1. The SMILES string of the molecule is CC(C)[C@@H](NC1CCCCC1)c1ccccc1. The van der Waals surface area contributed by atoms with Crippen molar-refractivity contribution in [1.29, 1.82) is 0 Å². The molecule has 2 rings (SSSR count). The highest BCUT2D eigenvalue weighted by molar-refractivity contribution is 5.19. The van der Waals surface area contributed by atoms with Gasteiger partial charge in [-0.1, -0.05) is 63.4 Å². The first-order valence-corrected chi connectivity index (χ1v) is 7.08. The zero-order valence-corrected chi connectivity index (χ0v) is 11.2. The smallest absolute Gasteiger partial charge is 0.0345 e. The zero-order valence-electron chi connectivity index (χ0n) is 11.2. The summed E-state index contributed by atoms with van der Waals surface area (Å²) in [5, 5.41) is 3.87. The maximum absolute atomic E-state index is 3.87. The first-order chi connectivity index (χ1) is 8.27. The van der Waals surface area contributed by atoms with Crippen LogP contribution in [0.25, 0.3) is 0 Å². The number of hydrogen-bond donors (Lipinski definition) is 1. The summed E-state index contributed by atoms with van der Waals surface area (Å²) >= 11 is 0. The molecule has 1 nitrogen and oxygen atoms in total. The first-order valence-electron chi connectivity index (χ1n) is 7.08. The van der Waals surface area contributed by atoms with Gasteiger partial charge in [-0.25, -0.2) is 0 Å². The van der Waals surface area contributed by atoms with Crippen molar-refractivity contribution in [3.05, 3.63) is 35.9 Å². The van der Waals surface area contributed by atoms with Crippen LogP contribution in [-0.2, 0) is 0 Å². The predicted octanol–water partition coefficient (Wildman–Crippen LogP) is 4.31. The van der Waals surface area contributed by atoms with Crippen LogP contribution >= 0.6 is 0 Å². The van der Waals surface area contributed by atoms with E-state index in [1.165, 1.54) is 37.7 Å². The normalized spacial score (nSPS) is 19.5. The number of nitrogens with one attached hydrogen (secondary N) is 1. The van der Waals surface area contributed by atoms with Crippen LogP contribution in [0, 0.1) is 5.92 Å². The topological polar surface area (TPSA) is 12.0 Å². The van der Waals surface area contributed by atoms with E-state index in [0.29, 0.717) is 12.0 Å². The number of benzene rings is 1. The maximum atomic E-state index is 3.87. The van der Waals surface area contributed by atoms with Crippen molar-refractivity contribution in [2.75, 3.05) is 0 Å². The van der Waals surface area contributed by atoms with Crippen LogP contribution in [-0.4, -0.2) is 6.04 Å². The molecule has 17 heavy (non-hydrogen) atoms. The Hall–Kier alpha value is -0.820. The van der Waals surface area contributed by atoms with Gasteiger partial charge in [0.2, 0.25) is 0 Å². The molecule has 1 aromatic carbocycles. The number of hydrogen-bond acceptors (Lipinski definition) is 1. The van der Waals surface area contributed by atoms with E-state index in [1.807, 2.05) is 0 Å². The molecule has 1 aromatic rings. The van der Waals surface area contributed by atoms with Gasteiger partial charge in [0.05, 0.1) is 0 Å². The van der Waals surface area contributed by atoms with E-state index in [2.05, 4.69) is 49.5 Å². The van der Waals surface area contributed by atoms with Gasteiger partial charge < -0.3 is 5.32 Å². The summed E-state index contributed by atoms with van der Waals surface area (Å²) in [5.74, 6) is 0.652. The maximum Gasteiger partial charge on any atom is 0.0345 e. The largest absolute Gasteiger partial charge is 0.307 e. The highest BCUT2D eigenvalue weighted by Gasteiger charge is 2.21. The molecule has 0 bridgehead atoms. The fourth-order valence-electron chi connectivity index (χ4n) is 2.86. The summed E-state index contributed by atoms with van der Waals surface area (Å²) in [6.07, 6.45) is 6.94. The Labute approximate surface area is 106 Å². The van der Waals surface area contributed by atoms with E-state index >= 15 is 0 Å². The van der Waals surface area contributed by atoms with Gasteiger partial charge in [-0.15, -0.1) is 0 Å². The Morgan fingerprint density at radius 3 is 2.24 bits per heavy atom. The second-order valence-electron chi connectivity index (χ2n) is 5.63. The van der Waals surface area contributed by atoms with Crippen LogP contribution in [0.5, 0.6) is 0 Å². The number of rotatable bonds is 4. The molecule has 0 unspecified atom stereocenters. The van der Waals surface area contributed by atoms with Crippen molar-refractivity contribution >= 4 is 0 Å². The third kappa shape index (κ3) is 3.57. The van der Waals surface area contributed by atoms with Gasteiger partial charge in [-0.2, -0.15) is 0 Å². The van der Waals surface area contributed by atoms with E-state index in [9.17, 15) is 0 Å². The van der Waals surface area contributed by atoms with Crippen molar-refractivity contribution in [2.45, 2.75) is 58.0 Å². The first kappa shape index (κ1) is 12.6. The zero-order chi connectivity index (χ0) is 12.1.